The molecule has 1 aliphatic heterocycles. The minimum absolute atomic E-state index is 0.0875. The van der Waals surface area contributed by atoms with E-state index in [1.165, 1.54) is 0 Å². The summed E-state index contributed by atoms with van der Waals surface area (Å²) < 4.78 is 1.86. The van der Waals surface area contributed by atoms with Crippen molar-refractivity contribution in [1.29, 1.82) is 0 Å². The van der Waals surface area contributed by atoms with Gasteiger partial charge in [-0.25, -0.2) is 4.98 Å². The molecule has 0 fully saturated rings. The van der Waals surface area contributed by atoms with Gasteiger partial charge in [0.25, 0.3) is 5.56 Å². The third kappa shape index (κ3) is 2.89. The second kappa shape index (κ2) is 6.43. The van der Waals surface area contributed by atoms with Crippen LogP contribution in [0, 0.1) is 0 Å². The number of benzene rings is 1. The predicted octanol–water partition coefficient (Wildman–Crippen LogP) is 3.13. The number of rotatable bonds is 3. The molecule has 0 unspecified atom stereocenters. The summed E-state index contributed by atoms with van der Waals surface area (Å²) in [5.41, 5.74) is 2.97. The third-order valence-electron chi connectivity index (χ3n) is 4.56. The minimum atomic E-state index is 0.0875. The number of aromatic nitrogens is 3. The summed E-state index contributed by atoms with van der Waals surface area (Å²) in [6, 6.07) is 9.81. The van der Waals surface area contributed by atoms with Crippen LogP contribution in [0.25, 0.3) is 10.9 Å². The molecular formula is C19H20N4O. The molecule has 1 N–H and O–H groups in total. The van der Waals surface area contributed by atoms with E-state index in [1.807, 2.05) is 34.9 Å². The Hall–Kier alpha value is -2.69. The van der Waals surface area contributed by atoms with Crippen LogP contribution in [-0.4, -0.2) is 14.5 Å². The van der Waals surface area contributed by atoms with Crippen molar-refractivity contribution in [2.24, 2.45) is 0 Å². The highest BCUT2D eigenvalue weighted by Gasteiger charge is 2.13. The van der Waals surface area contributed by atoms with Crippen LogP contribution < -0.4 is 10.9 Å². The second-order valence-electron chi connectivity index (χ2n) is 6.24. The van der Waals surface area contributed by atoms with Gasteiger partial charge in [0, 0.05) is 37.6 Å². The minimum Gasteiger partial charge on any atom is -0.381 e. The van der Waals surface area contributed by atoms with Crippen molar-refractivity contribution in [2.45, 2.75) is 38.8 Å². The highest BCUT2D eigenvalue weighted by atomic mass is 16.1. The van der Waals surface area contributed by atoms with Gasteiger partial charge in [0.05, 0.1) is 10.9 Å². The maximum absolute atomic E-state index is 12.8. The molecule has 24 heavy (non-hydrogen) atoms. The molecule has 0 atom stereocenters. The number of anilines is 1. The summed E-state index contributed by atoms with van der Waals surface area (Å²) >= 11 is 0. The Balaban J connectivity index is 1.67. The van der Waals surface area contributed by atoms with Crippen molar-refractivity contribution < 1.29 is 0 Å². The molecule has 2 aromatic heterocycles. The lowest BCUT2D eigenvalue weighted by atomic mass is 10.2. The highest BCUT2D eigenvalue weighted by Crippen LogP contribution is 2.18. The highest BCUT2D eigenvalue weighted by molar-refractivity contribution is 5.81. The smallest absolute Gasteiger partial charge is 0.261 e. The third-order valence-corrected chi connectivity index (χ3v) is 4.56. The quantitative estimate of drug-likeness (QED) is 0.805. The molecule has 4 rings (SSSR count). The van der Waals surface area contributed by atoms with Crippen molar-refractivity contribution in [3.8, 4) is 0 Å². The van der Waals surface area contributed by atoms with Gasteiger partial charge in [-0.2, -0.15) is 0 Å². The zero-order valence-corrected chi connectivity index (χ0v) is 13.5. The van der Waals surface area contributed by atoms with Gasteiger partial charge in [-0.3, -0.25) is 14.3 Å². The van der Waals surface area contributed by atoms with Gasteiger partial charge in [-0.05, 0) is 48.7 Å². The summed E-state index contributed by atoms with van der Waals surface area (Å²) in [6.45, 7) is 1.49. The Bertz CT molecular complexity index is 918. The van der Waals surface area contributed by atoms with E-state index in [4.69, 9.17) is 4.98 Å². The molecule has 3 heterocycles. The Morgan fingerprint density at radius 2 is 1.96 bits per heavy atom. The summed E-state index contributed by atoms with van der Waals surface area (Å²) in [7, 11) is 0. The fourth-order valence-electron chi connectivity index (χ4n) is 3.23. The molecular weight excluding hydrogens is 300 g/mol. The van der Waals surface area contributed by atoms with Crippen LogP contribution in [0.5, 0.6) is 0 Å². The molecule has 1 aliphatic rings. The van der Waals surface area contributed by atoms with E-state index < -0.39 is 0 Å². The second-order valence-corrected chi connectivity index (χ2v) is 6.24. The van der Waals surface area contributed by atoms with E-state index in [0.29, 0.717) is 11.9 Å². The van der Waals surface area contributed by atoms with Gasteiger partial charge in [0.15, 0.2) is 0 Å². The van der Waals surface area contributed by atoms with Crippen LogP contribution in [-0.2, 0) is 19.5 Å². The first-order valence-corrected chi connectivity index (χ1v) is 8.47. The number of hydrogen-bond acceptors (Lipinski definition) is 4. The van der Waals surface area contributed by atoms with Gasteiger partial charge in [0.1, 0.15) is 5.82 Å². The van der Waals surface area contributed by atoms with Gasteiger partial charge >= 0.3 is 0 Å². The average molecular weight is 320 g/mol. The predicted molar refractivity (Wildman–Crippen MR) is 95.1 cm³/mol. The SMILES string of the molecule is O=c1c2cc(NCc3ccncc3)ccc2nc2n1CCCCC2. The van der Waals surface area contributed by atoms with E-state index in [0.717, 1.165) is 54.8 Å². The number of hydrogen-bond donors (Lipinski definition) is 1. The molecule has 0 amide bonds. The summed E-state index contributed by atoms with van der Waals surface area (Å²) in [4.78, 5) is 21.6. The molecule has 0 saturated carbocycles. The van der Waals surface area contributed by atoms with Crippen LogP contribution in [0.3, 0.4) is 0 Å². The Morgan fingerprint density at radius 1 is 1.08 bits per heavy atom. The normalized spacial score (nSPS) is 14.2. The standard InChI is InChI=1S/C19H20N4O/c24-19-16-12-15(21-13-14-7-9-20-10-8-14)5-6-17(16)22-18-4-2-1-3-11-23(18)19/h5-10,12,21H,1-4,11,13H2. The molecule has 0 radical (unpaired) electrons. The molecule has 3 aromatic rings. The molecule has 1 aromatic carbocycles. The van der Waals surface area contributed by atoms with Gasteiger partial charge in [0.2, 0.25) is 0 Å². The Kier molecular flexibility index (Phi) is 3.99. The zero-order chi connectivity index (χ0) is 16.4. The van der Waals surface area contributed by atoms with Crippen molar-refractivity contribution in [3.05, 3.63) is 64.5 Å². The largest absolute Gasteiger partial charge is 0.381 e. The average Bonchev–Trinajstić information content (AvgIpc) is 2.87. The van der Waals surface area contributed by atoms with Gasteiger partial charge in [-0.1, -0.05) is 6.42 Å². The number of nitrogens with one attached hydrogen (secondary N) is 1. The van der Waals surface area contributed by atoms with Crippen LogP contribution in [0.4, 0.5) is 5.69 Å². The van der Waals surface area contributed by atoms with Crippen molar-refractivity contribution in [3.63, 3.8) is 0 Å². The first kappa shape index (κ1) is 14.9. The van der Waals surface area contributed by atoms with Crippen molar-refractivity contribution in [1.82, 2.24) is 14.5 Å². The fraction of sp³-hybridized carbons (Fsp3) is 0.316. The van der Waals surface area contributed by atoms with Crippen LogP contribution in [0.15, 0.2) is 47.5 Å². The van der Waals surface area contributed by atoms with Crippen LogP contribution in [0.1, 0.15) is 30.7 Å². The first-order valence-electron chi connectivity index (χ1n) is 8.47. The lowest BCUT2D eigenvalue weighted by Gasteiger charge is -2.12. The number of nitrogens with zero attached hydrogens (tertiary/aromatic N) is 3. The van der Waals surface area contributed by atoms with E-state index in [9.17, 15) is 4.79 Å². The van der Waals surface area contributed by atoms with Crippen molar-refractivity contribution >= 4 is 16.6 Å². The lowest BCUT2D eigenvalue weighted by Crippen LogP contribution is -2.24. The summed E-state index contributed by atoms with van der Waals surface area (Å²) in [5, 5.41) is 4.06. The van der Waals surface area contributed by atoms with Crippen LogP contribution >= 0.6 is 0 Å². The maximum atomic E-state index is 12.8. The van der Waals surface area contributed by atoms with E-state index in [2.05, 4.69) is 10.3 Å². The topological polar surface area (TPSA) is 59.8 Å². The molecule has 0 saturated heterocycles. The summed E-state index contributed by atoms with van der Waals surface area (Å²) in [5.74, 6) is 0.933. The molecule has 0 spiro atoms. The fourth-order valence-corrected chi connectivity index (χ4v) is 3.23. The molecule has 0 aliphatic carbocycles. The van der Waals surface area contributed by atoms with E-state index in [-0.39, 0.29) is 5.56 Å². The maximum Gasteiger partial charge on any atom is 0.261 e. The molecule has 122 valence electrons. The van der Waals surface area contributed by atoms with Gasteiger partial charge in [-0.15, -0.1) is 0 Å². The Morgan fingerprint density at radius 3 is 2.83 bits per heavy atom. The first-order chi connectivity index (χ1) is 11.8. The lowest BCUT2D eigenvalue weighted by molar-refractivity contribution is 0.614. The summed E-state index contributed by atoms with van der Waals surface area (Å²) in [6.07, 6.45) is 7.79. The number of aryl methyl sites for hydroxylation is 1. The Labute approximate surface area is 140 Å². The van der Waals surface area contributed by atoms with E-state index in [1.54, 1.807) is 12.4 Å². The zero-order valence-electron chi connectivity index (χ0n) is 13.5. The monoisotopic (exact) mass is 320 g/mol. The number of pyridine rings is 1. The van der Waals surface area contributed by atoms with Crippen LogP contribution in [0.2, 0.25) is 0 Å². The van der Waals surface area contributed by atoms with Gasteiger partial charge < -0.3 is 5.32 Å². The molecule has 5 heteroatoms. The van der Waals surface area contributed by atoms with E-state index >= 15 is 0 Å². The molecule has 5 nitrogen and oxygen atoms in total. The molecule has 0 bridgehead atoms. The van der Waals surface area contributed by atoms with Crippen molar-refractivity contribution in [2.75, 3.05) is 5.32 Å². The number of fused-ring (bicyclic) bond motifs is 2.